The molecule has 6 heteroatoms. The van der Waals surface area contributed by atoms with Gasteiger partial charge < -0.3 is 5.32 Å². The van der Waals surface area contributed by atoms with Crippen molar-refractivity contribution >= 4 is 17.4 Å². The molecule has 1 saturated carbocycles. The Morgan fingerprint density at radius 3 is 2.44 bits per heavy atom. The summed E-state index contributed by atoms with van der Waals surface area (Å²) in [7, 11) is 0. The molecule has 0 atom stereocenters. The van der Waals surface area contributed by atoms with E-state index in [9.17, 15) is 13.2 Å². The van der Waals surface area contributed by atoms with Gasteiger partial charge in [0.15, 0.2) is 0 Å². The monoisotopic (exact) mass is 278 g/mol. The average molecular weight is 279 g/mol. The van der Waals surface area contributed by atoms with Crippen LogP contribution < -0.4 is 5.32 Å². The molecule has 0 spiro atoms. The van der Waals surface area contributed by atoms with Gasteiger partial charge in [0.25, 0.3) is 0 Å². The molecule has 2 rings (SSSR count). The van der Waals surface area contributed by atoms with Crippen LogP contribution in [0.5, 0.6) is 0 Å². The molecule has 2 nitrogen and oxygen atoms in total. The molecule has 1 aliphatic rings. The van der Waals surface area contributed by atoms with E-state index in [1.54, 1.807) is 0 Å². The predicted octanol–water partition coefficient (Wildman–Crippen LogP) is 4.50. The lowest BCUT2D eigenvalue weighted by Crippen LogP contribution is -2.31. The third kappa shape index (κ3) is 2.88. The zero-order valence-electron chi connectivity index (χ0n) is 9.94. The highest BCUT2D eigenvalue weighted by molar-refractivity contribution is 6.33. The molecule has 100 valence electrons. The van der Waals surface area contributed by atoms with Gasteiger partial charge in [-0.2, -0.15) is 13.2 Å². The second-order valence-corrected chi connectivity index (χ2v) is 5.35. The topological polar surface area (TPSA) is 24.9 Å². The minimum atomic E-state index is -4.41. The van der Waals surface area contributed by atoms with Gasteiger partial charge in [-0.25, -0.2) is 4.98 Å². The highest BCUT2D eigenvalue weighted by Gasteiger charge is 2.33. The van der Waals surface area contributed by atoms with Crippen molar-refractivity contribution in [3.05, 3.63) is 22.8 Å². The molecule has 1 heterocycles. The van der Waals surface area contributed by atoms with E-state index in [2.05, 4.69) is 10.3 Å². The van der Waals surface area contributed by atoms with Gasteiger partial charge in [-0.3, -0.25) is 0 Å². The molecule has 1 fully saturated rings. The van der Waals surface area contributed by atoms with Gasteiger partial charge in [0.05, 0.1) is 10.6 Å². The molecular formula is C12H14ClF3N2. The standard InChI is InChI=1S/C12H14ClF3N2/c1-11(4-2-3-5-11)18-10-9(13)6-8(7-17-10)12(14,15)16/h6-7H,2-5H2,1H3,(H,17,18). The molecule has 0 saturated heterocycles. The Hall–Kier alpha value is -0.970. The third-order valence-electron chi connectivity index (χ3n) is 3.30. The lowest BCUT2D eigenvalue weighted by molar-refractivity contribution is -0.137. The van der Waals surface area contributed by atoms with E-state index in [-0.39, 0.29) is 10.6 Å². The first-order valence-electron chi connectivity index (χ1n) is 5.81. The maximum Gasteiger partial charge on any atom is 0.417 e. The number of halogens is 4. The largest absolute Gasteiger partial charge is 0.417 e. The second kappa shape index (κ2) is 4.61. The van der Waals surface area contributed by atoms with Crippen LogP contribution in [0.1, 0.15) is 38.2 Å². The SMILES string of the molecule is CC1(Nc2ncc(C(F)(F)F)cc2Cl)CCCC1. The summed E-state index contributed by atoms with van der Waals surface area (Å²) in [6, 6.07) is 0.912. The van der Waals surface area contributed by atoms with Crippen LogP contribution in [0.4, 0.5) is 19.0 Å². The fraction of sp³-hybridized carbons (Fsp3) is 0.583. The first kappa shape index (κ1) is 13.5. The van der Waals surface area contributed by atoms with E-state index in [1.165, 1.54) is 0 Å². The summed E-state index contributed by atoms with van der Waals surface area (Å²) in [6.07, 6.45) is 0.584. The molecule has 1 aromatic rings. The van der Waals surface area contributed by atoms with Crippen molar-refractivity contribution in [2.24, 2.45) is 0 Å². The Morgan fingerprint density at radius 2 is 1.94 bits per heavy atom. The molecule has 0 radical (unpaired) electrons. The number of pyridine rings is 1. The minimum Gasteiger partial charge on any atom is -0.364 e. The summed E-state index contributed by atoms with van der Waals surface area (Å²) in [5, 5.41) is 3.17. The number of alkyl halides is 3. The number of nitrogens with zero attached hydrogens (tertiary/aromatic N) is 1. The van der Waals surface area contributed by atoms with Gasteiger partial charge in [0.1, 0.15) is 5.82 Å². The first-order valence-corrected chi connectivity index (χ1v) is 6.19. The summed E-state index contributed by atoms with van der Waals surface area (Å²) in [5.41, 5.74) is -0.939. The van der Waals surface area contributed by atoms with Crippen LogP contribution in [0, 0.1) is 0 Å². The third-order valence-corrected chi connectivity index (χ3v) is 3.58. The molecule has 18 heavy (non-hydrogen) atoms. The molecule has 1 N–H and O–H groups in total. The fourth-order valence-electron chi connectivity index (χ4n) is 2.25. The molecule has 0 unspecified atom stereocenters. The Kier molecular flexibility index (Phi) is 3.45. The van der Waals surface area contributed by atoms with E-state index < -0.39 is 11.7 Å². The molecule has 0 aromatic carbocycles. The summed E-state index contributed by atoms with van der Waals surface area (Å²) in [5.74, 6) is 0.328. The van der Waals surface area contributed by atoms with Crippen LogP contribution in [0.25, 0.3) is 0 Å². The highest BCUT2D eigenvalue weighted by atomic mass is 35.5. The van der Waals surface area contributed by atoms with Gasteiger partial charge in [-0.05, 0) is 25.8 Å². The molecule has 0 amide bonds. The van der Waals surface area contributed by atoms with Crippen LogP contribution in [0.15, 0.2) is 12.3 Å². The number of hydrogen-bond acceptors (Lipinski definition) is 2. The molecule has 0 aliphatic heterocycles. The van der Waals surface area contributed by atoms with Crippen molar-refractivity contribution in [2.75, 3.05) is 5.32 Å². The van der Waals surface area contributed by atoms with Gasteiger partial charge in [0.2, 0.25) is 0 Å². The quantitative estimate of drug-likeness (QED) is 0.862. The summed E-state index contributed by atoms with van der Waals surface area (Å²) in [4.78, 5) is 3.79. The van der Waals surface area contributed by atoms with E-state index in [1.807, 2.05) is 6.92 Å². The highest BCUT2D eigenvalue weighted by Crippen LogP contribution is 2.36. The molecule has 1 aliphatic carbocycles. The Balaban J connectivity index is 2.20. The van der Waals surface area contributed by atoms with Crippen molar-refractivity contribution in [1.82, 2.24) is 4.98 Å². The van der Waals surface area contributed by atoms with Crippen LogP contribution in [0.3, 0.4) is 0 Å². The van der Waals surface area contributed by atoms with Gasteiger partial charge >= 0.3 is 6.18 Å². The second-order valence-electron chi connectivity index (χ2n) is 4.94. The molecular weight excluding hydrogens is 265 g/mol. The first-order chi connectivity index (χ1) is 8.30. The Labute approximate surface area is 109 Å². The van der Waals surface area contributed by atoms with Crippen molar-refractivity contribution in [1.29, 1.82) is 0 Å². The molecule has 0 bridgehead atoms. The number of nitrogens with one attached hydrogen (secondary N) is 1. The number of anilines is 1. The van der Waals surface area contributed by atoms with Crippen LogP contribution in [-0.2, 0) is 6.18 Å². The van der Waals surface area contributed by atoms with Crippen LogP contribution in [0.2, 0.25) is 5.02 Å². The van der Waals surface area contributed by atoms with E-state index in [0.29, 0.717) is 5.82 Å². The van der Waals surface area contributed by atoms with Crippen molar-refractivity contribution in [3.8, 4) is 0 Å². The maximum absolute atomic E-state index is 12.5. The lowest BCUT2D eigenvalue weighted by atomic mass is 10.0. The zero-order chi connectivity index (χ0) is 13.4. The van der Waals surface area contributed by atoms with Gasteiger partial charge in [-0.1, -0.05) is 24.4 Å². The van der Waals surface area contributed by atoms with Crippen LogP contribution >= 0.6 is 11.6 Å². The van der Waals surface area contributed by atoms with E-state index in [0.717, 1.165) is 37.9 Å². The van der Waals surface area contributed by atoms with E-state index >= 15 is 0 Å². The number of rotatable bonds is 2. The number of aromatic nitrogens is 1. The lowest BCUT2D eigenvalue weighted by Gasteiger charge is -2.26. The average Bonchev–Trinajstić information content (AvgIpc) is 2.67. The van der Waals surface area contributed by atoms with E-state index in [4.69, 9.17) is 11.6 Å². The minimum absolute atomic E-state index is 0.0120. The predicted molar refractivity (Wildman–Crippen MR) is 64.7 cm³/mol. The normalized spacial score (nSPS) is 18.9. The molecule has 1 aromatic heterocycles. The van der Waals surface area contributed by atoms with Gasteiger partial charge in [0, 0.05) is 11.7 Å². The Morgan fingerprint density at radius 1 is 1.33 bits per heavy atom. The van der Waals surface area contributed by atoms with Crippen molar-refractivity contribution < 1.29 is 13.2 Å². The Bertz CT molecular complexity index is 439. The van der Waals surface area contributed by atoms with Crippen molar-refractivity contribution in [2.45, 2.75) is 44.3 Å². The van der Waals surface area contributed by atoms with Crippen LogP contribution in [-0.4, -0.2) is 10.5 Å². The van der Waals surface area contributed by atoms with Crippen molar-refractivity contribution in [3.63, 3.8) is 0 Å². The fourth-order valence-corrected chi connectivity index (χ4v) is 2.46. The summed E-state index contributed by atoms with van der Waals surface area (Å²) >= 11 is 5.85. The maximum atomic E-state index is 12.5. The summed E-state index contributed by atoms with van der Waals surface area (Å²) in [6.45, 7) is 2.04. The zero-order valence-corrected chi connectivity index (χ0v) is 10.7. The van der Waals surface area contributed by atoms with Gasteiger partial charge in [-0.15, -0.1) is 0 Å². The number of hydrogen-bond donors (Lipinski definition) is 1. The smallest absolute Gasteiger partial charge is 0.364 e. The summed E-state index contributed by atoms with van der Waals surface area (Å²) < 4.78 is 37.4.